The Balaban J connectivity index is 1.95. The van der Waals surface area contributed by atoms with Crippen LogP contribution < -0.4 is 4.74 Å². The fraction of sp³-hybridized carbons (Fsp3) is 0. The van der Waals surface area contributed by atoms with E-state index >= 15 is 0 Å². The minimum absolute atomic E-state index is 0.448. The van der Waals surface area contributed by atoms with Crippen molar-refractivity contribution in [2.75, 3.05) is 0 Å². The number of benzene rings is 1. The zero-order valence-corrected chi connectivity index (χ0v) is 9.55. The maximum atomic E-state index is 11.4. The normalized spacial score (nSPS) is 10.6. The number of rotatable bonds is 3. The van der Waals surface area contributed by atoms with Crippen LogP contribution in [-0.4, -0.2) is 5.97 Å². The number of hydrogen-bond donors (Lipinski definition) is 0. The molecular formula is C13H9ClO3. The quantitative estimate of drug-likeness (QED) is 0.474. The molecule has 0 aliphatic rings. The van der Waals surface area contributed by atoms with E-state index in [0.717, 1.165) is 0 Å². The van der Waals surface area contributed by atoms with Crippen molar-refractivity contribution >= 4 is 23.6 Å². The standard InChI is InChI=1S/C13H9ClO3/c14-10-3-5-12(6-4-10)17-13(15)8-7-11-2-1-9-16-11/h1-9H. The maximum Gasteiger partial charge on any atom is 0.336 e. The molecule has 0 bridgehead atoms. The SMILES string of the molecule is O=C(C=Cc1ccco1)Oc1ccc(Cl)cc1. The molecule has 3 nitrogen and oxygen atoms in total. The fourth-order valence-corrected chi connectivity index (χ4v) is 1.32. The Hall–Kier alpha value is -2.00. The largest absolute Gasteiger partial charge is 0.465 e. The molecule has 0 radical (unpaired) electrons. The molecule has 1 aromatic carbocycles. The summed E-state index contributed by atoms with van der Waals surface area (Å²) in [5, 5.41) is 0.593. The first-order valence-electron chi connectivity index (χ1n) is 4.93. The van der Waals surface area contributed by atoms with Gasteiger partial charge in [0.25, 0.3) is 0 Å². The van der Waals surface area contributed by atoms with Gasteiger partial charge in [0.1, 0.15) is 11.5 Å². The van der Waals surface area contributed by atoms with E-state index < -0.39 is 5.97 Å². The van der Waals surface area contributed by atoms with Gasteiger partial charge in [-0.25, -0.2) is 4.79 Å². The Morgan fingerprint density at radius 3 is 2.65 bits per heavy atom. The van der Waals surface area contributed by atoms with Crippen molar-refractivity contribution in [1.82, 2.24) is 0 Å². The Bertz CT molecular complexity index is 512. The average molecular weight is 249 g/mol. The van der Waals surface area contributed by atoms with Gasteiger partial charge in [0, 0.05) is 11.1 Å². The molecule has 0 atom stereocenters. The highest BCUT2D eigenvalue weighted by molar-refractivity contribution is 6.30. The molecule has 86 valence electrons. The molecular weight excluding hydrogens is 240 g/mol. The molecule has 1 aromatic heterocycles. The van der Waals surface area contributed by atoms with Gasteiger partial charge in [0.15, 0.2) is 0 Å². The highest BCUT2D eigenvalue weighted by Crippen LogP contribution is 2.15. The van der Waals surface area contributed by atoms with Gasteiger partial charge >= 0.3 is 5.97 Å². The second-order valence-corrected chi connectivity index (χ2v) is 3.66. The number of carbonyl (C=O) groups excluding carboxylic acids is 1. The van der Waals surface area contributed by atoms with Crippen molar-refractivity contribution in [3.05, 3.63) is 59.5 Å². The molecule has 0 saturated heterocycles. The van der Waals surface area contributed by atoms with Crippen LogP contribution in [0.2, 0.25) is 5.02 Å². The number of esters is 1. The molecule has 0 saturated carbocycles. The smallest absolute Gasteiger partial charge is 0.336 e. The Morgan fingerprint density at radius 1 is 1.24 bits per heavy atom. The van der Waals surface area contributed by atoms with Crippen LogP contribution in [0.25, 0.3) is 6.08 Å². The summed E-state index contributed by atoms with van der Waals surface area (Å²) >= 11 is 5.71. The minimum atomic E-state index is -0.469. The number of carbonyl (C=O) groups is 1. The van der Waals surface area contributed by atoms with Gasteiger partial charge in [-0.05, 0) is 42.5 Å². The highest BCUT2D eigenvalue weighted by atomic mass is 35.5. The maximum absolute atomic E-state index is 11.4. The van der Waals surface area contributed by atoms with Crippen LogP contribution in [0.4, 0.5) is 0 Å². The lowest BCUT2D eigenvalue weighted by molar-refractivity contribution is -0.128. The van der Waals surface area contributed by atoms with Gasteiger partial charge in [-0.3, -0.25) is 0 Å². The first-order valence-corrected chi connectivity index (χ1v) is 5.31. The van der Waals surface area contributed by atoms with Crippen LogP contribution in [0.3, 0.4) is 0 Å². The van der Waals surface area contributed by atoms with Crippen LogP contribution in [0.1, 0.15) is 5.76 Å². The Labute approximate surface area is 103 Å². The second-order valence-electron chi connectivity index (χ2n) is 3.22. The van der Waals surface area contributed by atoms with Crippen LogP contribution in [0.15, 0.2) is 53.2 Å². The van der Waals surface area contributed by atoms with Crippen LogP contribution in [-0.2, 0) is 4.79 Å². The van der Waals surface area contributed by atoms with Crippen LogP contribution in [0, 0.1) is 0 Å². The zero-order chi connectivity index (χ0) is 12.1. The second kappa shape index (κ2) is 5.37. The van der Waals surface area contributed by atoms with Gasteiger partial charge in [0.05, 0.1) is 6.26 Å². The van der Waals surface area contributed by atoms with E-state index in [9.17, 15) is 4.79 Å². The lowest BCUT2D eigenvalue weighted by Gasteiger charge is -2.00. The topological polar surface area (TPSA) is 39.4 Å². The van der Waals surface area contributed by atoms with E-state index in [2.05, 4.69) is 0 Å². The van der Waals surface area contributed by atoms with Gasteiger partial charge in [0.2, 0.25) is 0 Å². The van der Waals surface area contributed by atoms with Crippen molar-refractivity contribution < 1.29 is 13.9 Å². The van der Waals surface area contributed by atoms with Gasteiger partial charge < -0.3 is 9.15 Å². The molecule has 2 rings (SSSR count). The number of furan rings is 1. The summed E-state index contributed by atoms with van der Waals surface area (Å²) in [6.07, 6.45) is 4.37. The molecule has 0 aliphatic carbocycles. The van der Waals surface area contributed by atoms with Crippen molar-refractivity contribution in [3.8, 4) is 5.75 Å². The monoisotopic (exact) mass is 248 g/mol. The number of hydrogen-bond acceptors (Lipinski definition) is 3. The molecule has 0 aliphatic heterocycles. The van der Waals surface area contributed by atoms with Crippen molar-refractivity contribution in [1.29, 1.82) is 0 Å². The lowest BCUT2D eigenvalue weighted by Crippen LogP contribution is -2.03. The third-order valence-corrected chi connectivity index (χ3v) is 2.21. The van der Waals surface area contributed by atoms with Gasteiger partial charge in [-0.2, -0.15) is 0 Å². The predicted molar refractivity (Wildman–Crippen MR) is 64.8 cm³/mol. The molecule has 0 amide bonds. The summed E-state index contributed by atoms with van der Waals surface area (Å²) in [4.78, 5) is 11.4. The molecule has 0 spiro atoms. The molecule has 1 heterocycles. The van der Waals surface area contributed by atoms with Crippen molar-refractivity contribution in [2.24, 2.45) is 0 Å². The van der Waals surface area contributed by atoms with Crippen LogP contribution >= 0.6 is 11.6 Å². The number of ether oxygens (including phenoxy) is 1. The molecule has 0 unspecified atom stereocenters. The highest BCUT2D eigenvalue weighted by Gasteiger charge is 2.00. The number of halogens is 1. The van der Waals surface area contributed by atoms with E-state index in [0.29, 0.717) is 16.5 Å². The summed E-state index contributed by atoms with van der Waals surface area (Å²) in [5.41, 5.74) is 0. The van der Waals surface area contributed by atoms with Gasteiger partial charge in [-0.1, -0.05) is 11.6 Å². The minimum Gasteiger partial charge on any atom is -0.465 e. The Morgan fingerprint density at radius 2 is 2.00 bits per heavy atom. The molecule has 17 heavy (non-hydrogen) atoms. The van der Waals surface area contributed by atoms with E-state index in [4.69, 9.17) is 20.8 Å². The summed E-state index contributed by atoms with van der Waals surface area (Å²) < 4.78 is 10.1. The molecule has 0 fully saturated rings. The molecule has 2 aromatic rings. The van der Waals surface area contributed by atoms with Crippen LogP contribution in [0.5, 0.6) is 5.75 Å². The Kier molecular flexibility index (Phi) is 3.62. The third-order valence-electron chi connectivity index (χ3n) is 1.96. The first-order chi connectivity index (χ1) is 8.24. The molecule has 0 N–H and O–H groups in total. The van der Waals surface area contributed by atoms with E-state index in [-0.39, 0.29) is 0 Å². The van der Waals surface area contributed by atoms with E-state index in [1.54, 1.807) is 36.4 Å². The first kappa shape index (κ1) is 11.5. The van der Waals surface area contributed by atoms with E-state index in [1.165, 1.54) is 18.4 Å². The summed E-state index contributed by atoms with van der Waals surface area (Å²) in [5.74, 6) is 0.574. The van der Waals surface area contributed by atoms with E-state index in [1.807, 2.05) is 0 Å². The van der Waals surface area contributed by atoms with Crippen molar-refractivity contribution in [3.63, 3.8) is 0 Å². The van der Waals surface area contributed by atoms with Crippen molar-refractivity contribution in [2.45, 2.75) is 0 Å². The molecule has 4 heteroatoms. The summed E-state index contributed by atoms with van der Waals surface area (Å²) in [6.45, 7) is 0. The lowest BCUT2D eigenvalue weighted by atomic mass is 10.3. The summed E-state index contributed by atoms with van der Waals surface area (Å²) in [7, 11) is 0. The predicted octanol–water partition coefficient (Wildman–Crippen LogP) is 3.55. The fourth-order valence-electron chi connectivity index (χ4n) is 1.19. The zero-order valence-electron chi connectivity index (χ0n) is 8.80. The summed E-state index contributed by atoms with van der Waals surface area (Å²) in [6, 6.07) is 10.0. The average Bonchev–Trinajstić information content (AvgIpc) is 2.83. The third kappa shape index (κ3) is 3.50. The van der Waals surface area contributed by atoms with Gasteiger partial charge in [-0.15, -0.1) is 0 Å².